The van der Waals surface area contributed by atoms with Crippen LogP contribution in [-0.2, 0) is 14.4 Å². The van der Waals surface area contributed by atoms with Crippen LogP contribution in [0.15, 0.2) is 41.9 Å². The van der Waals surface area contributed by atoms with Crippen molar-refractivity contribution in [1.29, 1.82) is 0 Å². The van der Waals surface area contributed by atoms with Gasteiger partial charge in [0.25, 0.3) is 0 Å². The lowest BCUT2D eigenvalue weighted by Gasteiger charge is -2.23. The van der Waals surface area contributed by atoms with E-state index < -0.39 is 18.5 Å². The second-order valence-corrected chi connectivity index (χ2v) is 11.6. The average Bonchev–Trinajstić information content (AvgIpc) is 3.74. The smallest absolute Gasteiger partial charge is 0.387 e. The third-order valence-corrected chi connectivity index (χ3v) is 8.79. The van der Waals surface area contributed by atoms with Crippen LogP contribution in [0.4, 0.5) is 19.7 Å². The van der Waals surface area contributed by atoms with Crippen molar-refractivity contribution < 1.29 is 33.0 Å². The van der Waals surface area contributed by atoms with Crippen molar-refractivity contribution in [2.45, 2.75) is 58.0 Å². The van der Waals surface area contributed by atoms with Gasteiger partial charge in [0, 0.05) is 48.6 Å². The number of carbonyl (C=O) groups excluding carboxylic acids is 2. The normalized spacial score (nSPS) is 16.3. The lowest BCUT2D eigenvalue weighted by atomic mass is 9.90. The summed E-state index contributed by atoms with van der Waals surface area (Å²) in [6.07, 6.45) is 7.34. The highest BCUT2D eigenvalue weighted by atomic mass is 32.1. The number of halogens is 2. The molecule has 2 aliphatic rings. The largest absolute Gasteiger partial charge is 0.481 e. The molecule has 3 heterocycles. The van der Waals surface area contributed by atoms with Gasteiger partial charge in [-0.2, -0.15) is 8.78 Å². The predicted octanol–water partition coefficient (Wildman–Crippen LogP) is 6.23. The number of aliphatic carboxylic acids is 1. The summed E-state index contributed by atoms with van der Waals surface area (Å²) < 4.78 is 30.7. The van der Waals surface area contributed by atoms with Gasteiger partial charge in [-0.15, -0.1) is 11.3 Å². The molecular formula is C30H32F2N4O5S. The Morgan fingerprint density at radius 3 is 2.60 bits per heavy atom. The maximum absolute atomic E-state index is 13.4. The molecule has 1 unspecified atom stereocenters. The zero-order valence-corrected chi connectivity index (χ0v) is 24.0. The number of anilines is 2. The van der Waals surface area contributed by atoms with Crippen LogP contribution in [0.1, 0.15) is 51.4 Å². The molecule has 222 valence electrons. The second kappa shape index (κ2) is 12.9. The number of nitrogens with zero attached hydrogens (tertiary/aromatic N) is 4. The summed E-state index contributed by atoms with van der Waals surface area (Å²) in [5.41, 5.74) is 2.27. The monoisotopic (exact) mass is 598 g/mol. The van der Waals surface area contributed by atoms with Crippen molar-refractivity contribution in [3.05, 3.63) is 41.9 Å². The first kappa shape index (κ1) is 29.6. The number of carboxylic acid groups (broad SMARTS) is 1. The Hall–Kier alpha value is -3.93. The maximum atomic E-state index is 13.4. The van der Waals surface area contributed by atoms with E-state index in [1.165, 1.54) is 28.4 Å². The molecule has 1 aliphatic carbocycles. The summed E-state index contributed by atoms with van der Waals surface area (Å²) in [6.45, 7) is -2.40. The summed E-state index contributed by atoms with van der Waals surface area (Å²) in [5, 5.41) is 11.5. The summed E-state index contributed by atoms with van der Waals surface area (Å²) in [5.74, 6) is -1.13. The van der Waals surface area contributed by atoms with Gasteiger partial charge in [0.15, 0.2) is 5.13 Å². The highest BCUT2D eigenvalue weighted by Crippen LogP contribution is 2.38. The van der Waals surface area contributed by atoms with Crippen LogP contribution in [0, 0.1) is 11.8 Å². The van der Waals surface area contributed by atoms with Crippen molar-refractivity contribution in [2.75, 3.05) is 23.4 Å². The van der Waals surface area contributed by atoms with Crippen molar-refractivity contribution in [1.82, 2.24) is 9.97 Å². The summed E-state index contributed by atoms with van der Waals surface area (Å²) in [4.78, 5) is 49.3. The SMILES string of the molecule is CN(C(=O)C(CC(=O)O)CC1CCCC1)c1nc(-c2cc(OC(F)F)ccc2-c2ccc(N3CCCC3=O)nc2)cs1. The molecule has 1 aliphatic heterocycles. The standard InChI is InChI=1S/C30H32F2N4O5S/c1-35(28(40)20(14-27(38)39)13-18-5-2-3-6-18)30-34-24(17-42-30)23-15-21(41-29(31)32)9-10-22(23)19-8-11-25(33-16-19)36-12-4-7-26(36)37/h8-11,15-18,20,29H,2-7,12-14H2,1H3,(H,38,39). The molecule has 1 saturated carbocycles. The molecule has 0 bridgehead atoms. The fraction of sp³-hybridized carbons (Fsp3) is 0.433. The summed E-state index contributed by atoms with van der Waals surface area (Å²) >= 11 is 1.20. The van der Waals surface area contributed by atoms with Crippen molar-refractivity contribution in [3.8, 4) is 28.1 Å². The number of amides is 2. The van der Waals surface area contributed by atoms with E-state index in [0.717, 1.165) is 32.1 Å². The first-order valence-corrected chi connectivity index (χ1v) is 14.9. The predicted molar refractivity (Wildman–Crippen MR) is 155 cm³/mol. The van der Waals surface area contributed by atoms with E-state index in [1.54, 1.807) is 35.7 Å². The van der Waals surface area contributed by atoms with E-state index in [0.29, 0.717) is 58.6 Å². The van der Waals surface area contributed by atoms with E-state index in [-0.39, 0.29) is 24.0 Å². The fourth-order valence-electron chi connectivity index (χ4n) is 5.80. The van der Waals surface area contributed by atoms with Crippen molar-refractivity contribution in [2.24, 2.45) is 11.8 Å². The molecule has 9 nitrogen and oxygen atoms in total. The van der Waals surface area contributed by atoms with Crippen LogP contribution in [0.3, 0.4) is 0 Å². The third-order valence-electron chi connectivity index (χ3n) is 7.87. The average molecular weight is 599 g/mol. The number of pyridine rings is 1. The molecule has 2 fully saturated rings. The van der Waals surface area contributed by atoms with Gasteiger partial charge in [-0.3, -0.25) is 24.2 Å². The number of carbonyl (C=O) groups is 3. The van der Waals surface area contributed by atoms with Gasteiger partial charge in [-0.1, -0.05) is 25.7 Å². The molecule has 12 heteroatoms. The minimum atomic E-state index is -3.01. The van der Waals surface area contributed by atoms with E-state index in [1.807, 2.05) is 6.07 Å². The number of hydrogen-bond donors (Lipinski definition) is 1. The van der Waals surface area contributed by atoms with Crippen LogP contribution >= 0.6 is 11.3 Å². The highest BCUT2D eigenvalue weighted by molar-refractivity contribution is 7.14. The third kappa shape index (κ3) is 6.75. The Bertz CT molecular complexity index is 1440. The molecule has 3 aromatic rings. The van der Waals surface area contributed by atoms with Gasteiger partial charge in [0.05, 0.1) is 12.1 Å². The molecule has 1 aromatic carbocycles. The van der Waals surface area contributed by atoms with E-state index in [9.17, 15) is 28.3 Å². The number of aromatic nitrogens is 2. The Morgan fingerprint density at radius 1 is 1.17 bits per heavy atom. The van der Waals surface area contributed by atoms with Crippen molar-refractivity contribution in [3.63, 3.8) is 0 Å². The second-order valence-electron chi connectivity index (χ2n) is 10.7. The van der Waals surface area contributed by atoms with Gasteiger partial charge in [-0.25, -0.2) is 9.97 Å². The molecule has 2 aromatic heterocycles. The van der Waals surface area contributed by atoms with Crippen LogP contribution in [-0.4, -0.2) is 53.1 Å². The number of alkyl halides is 2. The van der Waals surface area contributed by atoms with E-state index in [4.69, 9.17) is 0 Å². The van der Waals surface area contributed by atoms with Gasteiger partial charge >= 0.3 is 12.6 Å². The Morgan fingerprint density at radius 2 is 1.95 bits per heavy atom. The van der Waals surface area contributed by atoms with Crippen LogP contribution < -0.4 is 14.5 Å². The van der Waals surface area contributed by atoms with Gasteiger partial charge in [0.1, 0.15) is 11.6 Å². The molecule has 0 spiro atoms. The first-order chi connectivity index (χ1) is 20.2. The lowest BCUT2D eigenvalue weighted by Crippen LogP contribution is -2.35. The minimum Gasteiger partial charge on any atom is -0.481 e. The van der Waals surface area contributed by atoms with Crippen LogP contribution in [0.2, 0.25) is 0 Å². The summed E-state index contributed by atoms with van der Waals surface area (Å²) in [7, 11) is 1.58. The topological polar surface area (TPSA) is 113 Å². The minimum absolute atomic E-state index is 0.0203. The Kier molecular flexibility index (Phi) is 9.10. The fourth-order valence-corrected chi connectivity index (χ4v) is 6.60. The number of hydrogen-bond acceptors (Lipinski definition) is 7. The molecule has 5 rings (SSSR count). The number of rotatable bonds is 11. The number of thiazole rings is 1. The van der Waals surface area contributed by atoms with Gasteiger partial charge in [0.2, 0.25) is 11.8 Å². The Balaban J connectivity index is 1.43. The Labute approximate surface area is 246 Å². The molecule has 42 heavy (non-hydrogen) atoms. The molecule has 1 saturated heterocycles. The molecular weight excluding hydrogens is 566 g/mol. The molecule has 1 atom stereocenters. The van der Waals surface area contributed by atoms with Crippen molar-refractivity contribution >= 4 is 40.1 Å². The van der Waals surface area contributed by atoms with E-state index >= 15 is 0 Å². The number of benzene rings is 1. The molecule has 0 radical (unpaired) electrons. The zero-order chi connectivity index (χ0) is 29.8. The first-order valence-electron chi connectivity index (χ1n) is 14.0. The number of ether oxygens (including phenoxy) is 1. The highest BCUT2D eigenvalue weighted by Gasteiger charge is 2.31. The van der Waals surface area contributed by atoms with Crippen LogP contribution in [0.25, 0.3) is 22.4 Å². The molecule has 2 amide bonds. The maximum Gasteiger partial charge on any atom is 0.387 e. The zero-order valence-electron chi connectivity index (χ0n) is 23.2. The van der Waals surface area contributed by atoms with Crippen LogP contribution in [0.5, 0.6) is 5.75 Å². The number of carboxylic acids is 1. The lowest BCUT2D eigenvalue weighted by molar-refractivity contribution is -0.140. The summed E-state index contributed by atoms with van der Waals surface area (Å²) in [6, 6.07) is 8.10. The van der Waals surface area contributed by atoms with Gasteiger partial charge in [-0.05, 0) is 54.7 Å². The van der Waals surface area contributed by atoms with Gasteiger partial charge < -0.3 is 9.84 Å². The van der Waals surface area contributed by atoms with E-state index in [2.05, 4.69) is 14.7 Å². The quantitative estimate of drug-likeness (QED) is 0.278. The molecule has 1 N–H and O–H groups in total.